The van der Waals surface area contributed by atoms with E-state index >= 15 is 0 Å². The summed E-state index contributed by atoms with van der Waals surface area (Å²) >= 11 is 0. The quantitative estimate of drug-likeness (QED) is 0.534. The molecule has 0 aromatic rings. The van der Waals surface area contributed by atoms with Crippen molar-refractivity contribution >= 4 is 5.97 Å². The smallest absolute Gasteiger partial charge is 0.330 e. The molecule has 0 amide bonds. The average molecular weight is 310 g/mol. The van der Waals surface area contributed by atoms with Crippen molar-refractivity contribution in [2.45, 2.75) is 65.3 Å². The molecule has 0 aromatic carbocycles. The number of allylic oxidation sites excluding steroid dienone is 2. The van der Waals surface area contributed by atoms with Crippen LogP contribution in [0.3, 0.4) is 0 Å². The molecular formula is C18H30O4. The van der Waals surface area contributed by atoms with Gasteiger partial charge in [0.25, 0.3) is 0 Å². The number of esters is 1. The van der Waals surface area contributed by atoms with Crippen LogP contribution in [0.2, 0.25) is 0 Å². The zero-order chi connectivity index (χ0) is 16.7. The van der Waals surface area contributed by atoms with Crippen LogP contribution in [-0.2, 0) is 9.53 Å². The summed E-state index contributed by atoms with van der Waals surface area (Å²) < 4.78 is 5.34. The summed E-state index contributed by atoms with van der Waals surface area (Å²) in [6.07, 6.45) is 7.72. The van der Waals surface area contributed by atoms with E-state index in [1.807, 2.05) is 45.9 Å². The minimum Gasteiger partial charge on any atom is -0.458 e. The van der Waals surface area contributed by atoms with Crippen LogP contribution < -0.4 is 0 Å². The predicted octanol–water partition coefficient (Wildman–Crippen LogP) is 2.84. The highest BCUT2D eigenvalue weighted by atomic mass is 16.5. The summed E-state index contributed by atoms with van der Waals surface area (Å²) in [5, 5.41) is 20.8. The molecular weight excluding hydrogens is 280 g/mol. The fraction of sp³-hybridized carbons (Fsp3) is 0.722. The molecule has 1 rings (SSSR count). The van der Waals surface area contributed by atoms with E-state index < -0.39 is 12.2 Å². The van der Waals surface area contributed by atoms with Crippen molar-refractivity contribution in [2.75, 3.05) is 0 Å². The summed E-state index contributed by atoms with van der Waals surface area (Å²) in [5.41, 5.74) is 0. The first-order valence-corrected chi connectivity index (χ1v) is 8.26. The number of aliphatic hydroxyl groups is 2. The van der Waals surface area contributed by atoms with E-state index in [0.717, 1.165) is 12.8 Å². The van der Waals surface area contributed by atoms with E-state index in [1.54, 1.807) is 0 Å². The Morgan fingerprint density at radius 3 is 2.64 bits per heavy atom. The van der Waals surface area contributed by atoms with Crippen LogP contribution in [0.4, 0.5) is 0 Å². The molecule has 0 aliphatic carbocycles. The van der Waals surface area contributed by atoms with Crippen molar-refractivity contribution in [3.05, 3.63) is 24.3 Å². The highest BCUT2D eigenvalue weighted by molar-refractivity contribution is 5.82. The standard InChI is InChI=1S/C18H30O4/c1-5-7-8-12(3)18(21)13(4)15(19)11-16-14(6-2)9-10-17(20)22-16/h5,7,9-10,12-16,18-19,21H,6,8,11H2,1-4H3/b7-5+. The molecule has 0 spiro atoms. The van der Waals surface area contributed by atoms with Gasteiger partial charge in [0.15, 0.2) is 0 Å². The molecule has 1 aliphatic heterocycles. The number of aliphatic hydroxyl groups excluding tert-OH is 2. The number of ether oxygens (including phenoxy) is 1. The van der Waals surface area contributed by atoms with Crippen molar-refractivity contribution in [2.24, 2.45) is 17.8 Å². The summed E-state index contributed by atoms with van der Waals surface area (Å²) in [4.78, 5) is 11.4. The summed E-state index contributed by atoms with van der Waals surface area (Å²) in [7, 11) is 0. The van der Waals surface area contributed by atoms with Gasteiger partial charge >= 0.3 is 5.97 Å². The van der Waals surface area contributed by atoms with Gasteiger partial charge in [0.1, 0.15) is 6.10 Å². The molecule has 4 heteroatoms. The number of hydrogen-bond acceptors (Lipinski definition) is 4. The number of carbonyl (C=O) groups is 1. The molecule has 0 saturated carbocycles. The highest BCUT2D eigenvalue weighted by Crippen LogP contribution is 2.27. The Hall–Kier alpha value is -1.13. The van der Waals surface area contributed by atoms with Gasteiger partial charge in [0.05, 0.1) is 12.2 Å². The monoisotopic (exact) mass is 310 g/mol. The van der Waals surface area contributed by atoms with E-state index in [9.17, 15) is 15.0 Å². The van der Waals surface area contributed by atoms with Crippen LogP contribution in [0.25, 0.3) is 0 Å². The van der Waals surface area contributed by atoms with E-state index in [2.05, 4.69) is 0 Å². The van der Waals surface area contributed by atoms with Gasteiger partial charge in [-0.05, 0) is 25.7 Å². The summed E-state index contributed by atoms with van der Waals surface area (Å²) in [5.74, 6) is -0.396. The first-order valence-electron chi connectivity index (χ1n) is 8.26. The van der Waals surface area contributed by atoms with Crippen molar-refractivity contribution in [1.82, 2.24) is 0 Å². The van der Waals surface area contributed by atoms with E-state index in [4.69, 9.17) is 4.74 Å². The van der Waals surface area contributed by atoms with Gasteiger partial charge < -0.3 is 14.9 Å². The van der Waals surface area contributed by atoms with Crippen molar-refractivity contribution in [1.29, 1.82) is 0 Å². The first-order chi connectivity index (χ1) is 10.4. The third kappa shape index (κ3) is 5.25. The lowest BCUT2D eigenvalue weighted by atomic mass is 9.83. The second-order valence-electron chi connectivity index (χ2n) is 6.34. The first kappa shape index (κ1) is 18.9. The molecule has 0 fully saturated rings. The van der Waals surface area contributed by atoms with Crippen LogP contribution in [0, 0.1) is 17.8 Å². The number of carbonyl (C=O) groups excluding carboxylic acids is 1. The van der Waals surface area contributed by atoms with Crippen molar-refractivity contribution < 1.29 is 19.7 Å². The third-order valence-corrected chi connectivity index (χ3v) is 4.64. The SMILES string of the molecule is C/C=C/CC(C)C(O)C(C)C(O)CC1OC(=O)C=CC1CC. The lowest BCUT2D eigenvalue weighted by Gasteiger charge is -2.33. The van der Waals surface area contributed by atoms with Crippen LogP contribution in [0.15, 0.2) is 24.3 Å². The van der Waals surface area contributed by atoms with Crippen LogP contribution in [-0.4, -0.2) is 34.5 Å². The number of cyclic esters (lactones) is 1. The molecule has 0 bridgehead atoms. The lowest BCUT2D eigenvalue weighted by Crippen LogP contribution is -2.39. The molecule has 2 N–H and O–H groups in total. The van der Waals surface area contributed by atoms with Gasteiger partial charge in [0, 0.05) is 24.3 Å². The van der Waals surface area contributed by atoms with Gasteiger partial charge in [0.2, 0.25) is 0 Å². The Labute approximate surface area is 133 Å². The third-order valence-electron chi connectivity index (χ3n) is 4.64. The minimum absolute atomic E-state index is 0.0802. The van der Waals surface area contributed by atoms with Crippen LogP contribution >= 0.6 is 0 Å². The van der Waals surface area contributed by atoms with E-state index in [1.165, 1.54) is 6.08 Å². The molecule has 4 nitrogen and oxygen atoms in total. The molecule has 126 valence electrons. The molecule has 0 aromatic heterocycles. The van der Waals surface area contributed by atoms with Crippen LogP contribution in [0.5, 0.6) is 0 Å². The second-order valence-corrected chi connectivity index (χ2v) is 6.34. The molecule has 1 heterocycles. The number of rotatable bonds is 8. The largest absolute Gasteiger partial charge is 0.458 e. The van der Waals surface area contributed by atoms with Gasteiger partial charge in [-0.1, -0.05) is 39.0 Å². The fourth-order valence-corrected chi connectivity index (χ4v) is 2.91. The minimum atomic E-state index is -0.693. The summed E-state index contributed by atoms with van der Waals surface area (Å²) in [6.45, 7) is 7.81. The highest BCUT2D eigenvalue weighted by Gasteiger charge is 2.32. The van der Waals surface area contributed by atoms with Gasteiger partial charge in [-0.15, -0.1) is 0 Å². The lowest BCUT2D eigenvalue weighted by molar-refractivity contribution is -0.149. The zero-order valence-corrected chi connectivity index (χ0v) is 14.1. The maximum atomic E-state index is 11.4. The molecule has 1 aliphatic rings. The van der Waals surface area contributed by atoms with Gasteiger partial charge in [-0.3, -0.25) is 0 Å². The zero-order valence-electron chi connectivity index (χ0n) is 14.1. The van der Waals surface area contributed by atoms with Gasteiger partial charge in [-0.2, -0.15) is 0 Å². The summed E-state index contributed by atoms with van der Waals surface area (Å²) in [6, 6.07) is 0. The Morgan fingerprint density at radius 1 is 1.36 bits per heavy atom. The van der Waals surface area contributed by atoms with Gasteiger partial charge in [-0.25, -0.2) is 4.79 Å². The maximum Gasteiger partial charge on any atom is 0.330 e. The fourth-order valence-electron chi connectivity index (χ4n) is 2.91. The molecule has 6 unspecified atom stereocenters. The number of hydrogen-bond donors (Lipinski definition) is 2. The molecule has 22 heavy (non-hydrogen) atoms. The van der Waals surface area contributed by atoms with E-state index in [0.29, 0.717) is 6.42 Å². The average Bonchev–Trinajstić information content (AvgIpc) is 2.51. The Morgan fingerprint density at radius 2 is 2.05 bits per heavy atom. The van der Waals surface area contributed by atoms with Crippen molar-refractivity contribution in [3.8, 4) is 0 Å². The topological polar surface area (TPSA) is 66.8 Å². The maximum absolute atomic E-state index is 11.4. The molecule has 6 atom stereocenters. The van der Waals surface area contributed by atoms with E-state index in [-0.39, 0.29) is 29.8 Å². The Balaban J connectivity index is 2.60. The predicted molar refractivity (Wildman–Crippen MR) is 87.2 cm³/mol. The molecule has 0 saturated heterocycles. The van der Waals surface area contributed by atoms with Crippen molar-refractivity contribution in [3.63, 3.8) is 0 Å². The second kappa shape index (κ2) is 9.11. The normalized spacial score (nSPS) is 27.5. The van der Waals surface area contributed by atoms with Crippen LogP contribution in [0.1, 0.15) is 47.0 Å². The Kier molecular flexibility index (Phi) is 7.83. The Bertz CT molecular complexity index is 402. The molecule has 0 radical (unpaired) electrons.